The van der Waals surface area contributed by atoms with Crippen LogP contribution < -0.4 is 5.56 Å². The first-order valence-electron chi connectivity index (χ1n) is 8.09. The van der Waals surface area contributed by atoms with Crippen LogP contribution in [0.2, 0.25) is 5.15 Å². The Labute approximate surface area is 159 Å². The van der Waals surface area contributed by atoms with Gasteiger partial charge in [-0.2, -0.15) is 0 Å². The van der Waals surface area contributed by atoms with Gasteiger partial charge in [0.2, 0.25) is 5.88 Å². The first kappa shape index (κ1) is 16.9. The zero-order valence-corrected chi connectivity index (χ0v) is 14.7. The molecule has 0 amide bonds. The highest BCUT2D eigenvalue weighted by atomic mass is 35.5. The van der Waals surface area contributed by atoms with Gasteiger partial charge in [-0.05, 0) is 30.3 Å². The van der Waals surface area contributed by atoms with Crippen LogP contribution in [0.15, 0.2) is 76.8 Å². The van der Waals surface area contributed by atoms with E-state index in [1.54, 1.807) is 67.0 Å². The number of aromatic hydroxyl groups is 1. The van der Waals surface area contributed by atoms with E-state index in [1.165, 1.54) is 6.21 Å². The van der Waals surface area contributed by atoms with Crippen molar-refractivity contribution in [3.63, 3.8) is 0 Å². The third-order valence-electron chi connectivity index (χ3n) is 4.05. The summed E-state index contributed by atoms with van der Waals surface area (Å²) in [7, 11) is 0. The number of rotatable bonds is 3. The molecule has 0 saturated heterocycles. The summed E-state index contributed by atoms with van der Waals surface area (Å²) in [6, 6.07) is 15.6. The van der Waals surface area contributed by atoms with E-state index in [4.69, 9.17) is 11.6 Å². The van der Waals surface area contributed by atoms with Crippen molar-refractivity contribution in [1.82, 2.24) is 14.5 Å². The van der Waals surface area contributed by atoms with Gasteiger partial charge in [0.15, 0.2) is 5.15 Å². The number of aliphatic imine (C=N–C) groups is 1. The minimum atomic E-state index is -0.363. The predicted octanol–water partition coefficient (Wildman–Crippen LogP) is 3.89. The van der Waals surface area contributed by atoms with Crippen LogP contribution in [0.3, 0.4) is 0 Å². The van der Waals surface area contributed by atoms with Gasteiger partial charge in [0.25, 0.3) is 5.56 Å². The maximum Gasteiger partial charge on any atom is 0.267 e. The Morgan fingerprint density at radius 1 is 0.963 bits per heavy atom. The molecule has 27 heavy (non-hydrogen) atoms. The molecule has 0 fully saturated rings. The average molecular weight is 377 g/mol. The normalized spacial score (nSPS) is 11.3. The van der Waals surface area contributed by atoms with Gasteiger partial charge in [0.05, 0.1) is 5.56 Å². The summed E-state index contributed by atoms with van der Waals surface area (Å²) in [5, 5.41) is 12.1. The average Bonchev–Trinajstić information content (AvgIpc) is 2.70. The summed E-state index contributed by atoms with van der Waals surface area (Å²) in [6.07, 6.45) is 4.59. The molecule has 0 unspecified atom stereocenters. The van der Waals surface area contributed by atoms with Crippen molar-refractivity contribution in [2.45, 2.75) is 0 Å². The van der Waals surface area contributed by atoms with E-state index in [-0.39, 0.29) is 16.6 Å². The fraction of sp³-hybridized carbons (Fsp3) is 0. The molecule has 0 spiro atoms. The Morgan fingerprint density at radius 3 is 2.44 bits per heavy atom. The van der Waals surface area contributed by atoms with Gasteiger partial charge >= 0.3 is 0 Å². The molecule has 4 rings (SSSR count). The lowest BCUT2D eigenvalue weighted by atomic mass is 10.1. The Kier molecular flexibility index (Phi) is 4.40. The molecule has 4 aromatic rings. The first-order valence-corrected chi connectivity index (χ1v) is 8.47. The van der Waals surface area contributed by atoms with Crippen molar-refractivity contribution in [3.05, 3.63) is 88.1 Å². The summed E-state index contributed by atoms with van der Waals surface area (Å²) >= 11 is 6.05. The zero-order chi connectivity index (χ0) is 18.8. The molecule has 1 aromatic carbocycles. The Hall–Kier alpha value is -3.51. The lowest BCUT2D eigenvalue weighted by molar-refractivity contribution is 0.435. The summed E-state index contributed by atoms with van der Waals surface area (Å²) in [6.45, 7) is 0. The molecule has 0 aliphatic heterocycles. The molecule has 0 radical (unpaired) electrons. The van der Waals surface area contributed by atoms with Crippen LogP contribution in [0.5, 0.6) is 5.88 Å². The highest BCUT2D eigenvalue weighted by Gasteiger charge is 2.16. The first-order chi connectivity index (χ1) is 13.2. The van der Waals surface area contributed by atoms with Gasteiger partial charge in [0, 0.05) is 29.4 Å². The van der Waals surface area contributed by atoms with E-state index < -0.39 is 0 Å². The lowest BCUT2D eigenvalue weighted by Crippen LogP contribution is -2.20. The molecule has 132 valence electrons. The fourth-order valence-corrected chi connectivity index (χ4v) is 2.96. The standard InChI is InChI=1S/C20H13ClN4O2/c21-18-16(8-5-11-23-18)24-12-15-13-6-1-2-7-14(13)19(26)25(20(15)27)17-9-3-4-10-22-17/h1-12,27H. The van der Waals surface area contributed by atoms with Gasteiger partial charge in [-0.25, -0.2) is 14.5 Å². The van der Waals surface area contributed by atoms with Crippen LogP contribution >= 0.6 is 11.6 Å². The number of nitrogens with zero attached hydrogens (tertiary/aromatic N) is 4. The molecular formula is C20H13ClN4O2. The summed E-state index contributed by atoms with van der Waals surface area (Å²) < 4.78 is 1.16. The quantitative estimate of drug-likeness (QED) is 0.434. The van der Waals surface area contributed by atoms with Crippen LogP contribution in [0, 0.1) is 0 Å². The maximum atomic E-state index is 12.9. The summed E-state index contributed by atoms with van der Waals surface area (Å²) in [5.74, 6) is 0.0703. The molecule has 0 bridgehead atoms. The minimum absolute atomic E-state index is 0.246. The second-order valence-corrected chi connectivity index (χ2v) is 6.04. The highest BCUT2D eigenvalue weighted by Crippen LogP contribution is 2.27. The molecule has 0 atom stereocenters. The zero-order valence-electron chi connectivity index (χ0n) is 14.0. The van der Waals surface area contributed by atoms with E-state index >= 15 is 0 Å². The van der Waals surface area contributed by atoms with Crippen molar-refractivity contribution < 1.29 is 5.11 Å². The van der Waals surface area contributed by atoms with Crippen LogP contribution in [0.25, 0.3) is 16.6 Å². The van der Waals surface area contributed by atoms with Gasteiger partial charge < -0.3 is 5.11 Å². The van der Waals surface area contributed by atoms with E-state index in [1.807, 2.05) is 0 Å². The number of benzene rings is 1. The van der Waals surface area contributed by atoms with Gasteiger partial charge in [0.1, 0.15) is 11.5 Å². The van der Waals surface area contributed by atoms with E-state index in [9.17, 15) is 9.90 Å². The number of halogens is 1. The monoisotopic (exact) mass is 376 g/mol. The van der Waals surface area contributed by atoms with Crippen molar-refractivity contribution in [2.24, 2.45) is 4.99 Å². The molecule has 0 aliphatic carbocycles. The molecular weight excluding hydrogens is 364 g/mol. The number of fused-ring (bicyclic) bond motifs is 1. The summed E-state index contributed by atoms with van der Waals surface area (Å²) in [5.41, 5.74) is 0.479. The maximum absolute atomic E-state index is 12.9. The second-order valence-electron chi connectivity index (χ2n) is 5.68. The Morgan fingerprint density at radius 2 is 1.70 bits per heavy atom. The Balaban J connectivity index is 2.00. The molecule has 0 saturated carbocycles. The van der Waals surface area contributed by atoms with Crippen LogP contribution in [-0.4, -0.2) is 25.9 Å². The Bertz CT molecular complexity index is 1220. The molecule has 3 aromatic heterocycles. The third-order valence-corrected chi connectivity index (χ3v) is 4.35. The molecule has 7 heteroatoms. The van der Waals surface area contributed by atoms with E-state index in [0.29, 0.717) is 27.8 Å². The van der Waals surface area contributed by atoms with E-state index in [0.717, 1.165) is 4.57 Å². The minimum Gasteiger partial charge on any atom is -0.494 e. The van der Waals surface area contributed by atoms with Crippen LogP contribution in [-0.2, 0) is 0 Å². The van der Waals surface area contributed by atoms with Gasteiger partial charge in [-0.3, -0.25) is 9.79 Å². The number of hydrogen-bond acceptors (Lipinski definition) is 5. The molecule has 6 nitrogen and oxygen atoms in total. The molecule has 0 aliphatic rings. The smallest absolute Gasteiger partial charge is 0.267 e. The van der Waals surface area contributed by atoms with Gasteiger partial charge in [-0.15, -0.1) is 0 Å². The van der Waals surface area contributed by atoms with Crippen molar-refractivity contribution in [3.8, 4) is 11.7 Å². The van der Waals surface area contributed by atoms with Crippen LogP contribution in [0.1, 0.15) is 5.56 Å². The second kappa shape index (κ2) is 7.01. The fourth-order valence-electron chi connectivity index (χ4n) is 2.80. The van der Waals surface area contributed by atoms with Crippen molar-refractivity contribution >= 4 is 34.3 Å². The van der Waals surface area contributed by atoms with Gasteiger partial charge in [-0.1, -0.05) is 35.9 Å². The predicted molar refractivity (Wildman–Crippen MR) is 106 cm³/mol. The number of aromatic nitrogens is 3. The highest BCUT2D eigenvalue weighted by molar-refractivity contribution is 6.31. The third kappa shape index (κ3) is 3.07. The molecule has 1 N–H and O–H groups in total. The number of hydrogen-bond donors (Lipinski definition) is 1. The SMILES string of the molecule is O=c1c2ccccc2c(C=Nc2cccnc2Cl)c(O)n1-c1ccccn1. The number of pyridine rings is 3. The van der Waals surface area contributed by atoms with Crippen molar-refractivity contribution in [2.75, 3.05) is 0 Å². The molecule has 3 heterocycles. The van der Waals surface area contributed by atoms with Crippen LogP contribution in [0.4, 0.5) is 5.69 Å². The van der Waals surface area contributed by atoms with Crippen molar-refractivity contribution in [1.29, 1.82) is 0 Å². The summed E-state index contributed by atoms with van der Waals surface area (Å²) in [4.78, 5) is 25.4. The lowest BCUT2D eigenvalue weighted by Gasteiger charge is -2.12. The largest absolute Gasteiger partial charge is 0.494 e. The topological polar surface area (TPSA) is 80.4 Å². The van der Waals surface area contributed by atoms with E-state index in [2.05, 4.69) is 15.0 Å².